The van der Waals surface area contributed by atoms with E-state index in [-0.39, 0.29) is 5.41 Å². The van der Waals surface area contributed by atoms with E-state index >= 15 is 0 Å². The van der Waals surface area contributed by atoms with Crippen LogP contribution in [0.3, 0.4) is 0 Å². The first-order valence-electron chi connectivity index (χ1n) is 8.52. The van der Waals surface area contributed by atoms with Crippen molar-refractivity contribution in [3.63, 3.8) is 0 Å². The standard InChI is InChI=1S/C20H28O2/c1-14(2)13-22-18-6-5-16-12-20(15(3)19(16)11-18)9-7-17(21-4)8-10-20/h5-6,11,14,17H,3,7-10,12-13H2,1-2,4H3. The highest BCUT2D eigenvalue weighted by molar-refractivity contribution is 5.76. The summed E-state index contributed by atoms with van der Waals surface area (Å²) in [4.78, 5) is 0. The van der Waals surface area contributed by atoms with Crippen LogP contribution in [0.15, 0.2) is 24.8 Å². The maximum atomic E-state index is 5.89. The van der Waals surface area contributed by atoms with E-state index in [9.17, 15) is 0 Å². The highest BCUT2D eigenvalue weighted by Gasteiger charge is 2.43. The van der Waals surface area contributed by atoms with Crippen molar-refractivity contribution in [2.75, 3.05) is 13.7 Å². The molecule has 1 fully saturated rings. The molecule has 3 rings (SSSR count). The molecule has 2 nitrogen and oxygen atoms in total. The minimum absolute atomic E-state index is 0.272. The zero-order valence-electron chi connectivity index (χ0n) is 14.2. The Hall–Kier alpha value is -1.28. The lowest BCUT2D eigenvalue weighted by molar-refractivity contribution is 0.0448. The minimum Gasteiger partial charge on any atom is -0.493 e. The van der Waals surface area contributed by atoms with Crippen molar-refractivity contribution in [1.82, 2.24) is 0 Å². The van der Waals surface area contributed by atoms with E-state index in [1.54, 1.807) is 0 Å². The highest BCUT2D eigenvalue weighted by Crippen LogP contribution is 2.54. The van der Waals surface area contributed by atoms with E-state index in [0.717, 1.165) is 31.6 Å². The lowest BCUT2D eigenvalue weighted by Crippen LogP contribution is -2.30. The van der Waals surface area contributed by atoms with Gasteiger partial charge in [0.2, 0.25) is 0 Å². The summed E-state index contributed by atoms with van der Waals surface area (Å²) in [5.74, 6) is 1.53. The van der Waals surface area contributed by atoms with Crippen LogP contribution < -0.4 is 4.74 Å². The van der Waals surface area contributed by atoms with Crippen molar-refractivity contribution < 1.29 is 9.47 Å². The van der Waals surface area contributed by atoms with Crippen molar-refractivity contribution in [2.45, 2.75) is 52.1 Å². The van der Waals surface area contributed by atoms with Gasteiger partial charge in [-0.1, -0.05) is 26.5 Å². The molecule has 0 aliphatic heterocycles. The highest BCUT2D eigenvalue weighted by atomic mass is 16.5. The normalized spacial score (nSPS) is 27.5. The molecule has 0 aromatic heterocycles. The summed E-state index contributed by atoms with van der Waals surface area (Å²) in [7, 11) is 1.83. The summed E-state index contributed by atoms with van der Waals surface area (Å²) in [6.07, 6.45) is 6.28. The molecule has 1 aromatic rings. The molecule has 0 bridgehead atoms. The van der Waals surface area contributed by atoms with Crippen LogP contribution in [0.5, 0.6) is 5.75 Å². The first-order chi connectivity index (χ1) is 10.5. The Bertz CT molecular complexity index is 551. The molecule has 0 N–H and O–H groups in total. The minimum atomic E-state index is 0.272. The van der Waals surface area contributed by atoms with Crippen LogP contribution in [0.25, 0.3) is 5.57 Å². The van der Waals surface area contributed by atoms with Crippen molar-refractivity contribution in [3.8, 4) is 5.75 Å². The van der Waals surface area contributed by atoms with Crippen molar-refractivity contribution in [1.29, 1.82) is 0 Å². The SMILES string of the molecule is C=C1c2cc(OCC(C)C)ccc2CC12CCC(OC)CC2. The zero-order valence-corrected chi connectivity index (χ0v) is 14.2. The fourth-order valence-electron chi connectivity index (χ4n) is 3.96. The number of ether oxygens (including phenoxy) is 2. The smallest absolute Gasteiger partial charge is 0.119 e. The average Bonchev–Trinajstić information content (AvgIpc) is 2.79. The van der Waals surface area contributed by atoms with Gasteiger partial charge in [-0.2, -0.15) is 0 Å². The molecule has 0 unspecified atom stereocenters. The number of rotatable bonds is 4. The Labute approximate surface area is 134 Å². The molecule has 0 atom stereocenters. The summed E-state index contributed by atoms with van der Waals surface area (Å²) < 4.78 is 11.4. The topological polar surface area (TPSA) is 18.5 Å². The second-order valence-electron chi connectivity index (χ2n) is 7.39. The van der Waals surface area contributed by atoms with Crippen LogP contribution >= 0.6 is 0 Å². The van der Waals surface area contributed by atoms with Gasteiger partial charge < -0.3 is 9.47 Å². The maximum Gasteiger partial charge on any atom is 0.119 e. The maximum absolute atomic E-state index is 5.89. The van der Waals surface area contributed by atoms with Crippen molar-refractivity contribution in [2.24, 2.45) is 11.3 Å². The first kappa shape index (κ1) is 15.6. The van der Waals surface area contributed by atoms with E-state index < -0.39 is 0 Å². The molecule has 2 heteroatoms. The molecule has 1 spiro atoms. The van der Waals surface area contributed by atoms with E-state index in [1.807, 2.05) is 7.11 Å². The molecule has 2 aliphatic carbocycles. The van der Waals surface area contributed by atoms with E-state index in [1.165, 1.54) is 29.5 Å². The molecule has 0 saturated heterocycles. The molecule has 0 heterocycles. The number of hydrogen-bond acceptors (Lipinski definition) is 2. The molecular weight excluding hydrogens is 272 g/mol. The van der Waals surface area contributed by atoms with Crippen LogP contribution in [0, 0.1) is 11.3 Å². The Morgan fingerprint density at radius 3 is 2.64 bits per heavy atom. The quantitative estimate of drug-likeness (QED) is 0.790. The number of methoxy groups -OCH3 is 1. The van der Waals surface area contributed by atoms with Gasteiger partial charge in [0.1, 0.15) is 5.75 Å². The lowest BCUT2D eigenvalue weighted by Gasteiger charge is -2.37. The molecular formula is C20H28O2. The second kappa shape index (κ2) is 6.08. The van der Waals surface area contributed by atoms with Crippen molar-refractivity contribution >= 4 is 5.57 Å². The monoisotopic (exact) mass is 300 g/mol. The molecule has 2 aliphatic rings. The summed E-state index contributed by atoms with van der Waals surface area (Å²) in [5, 5.41) is 0. The van der Waals surface area contributed by atoms with Crippen LogP contribution in [0.4, 0.5) is 0 Å². The molecule has 1 aromatic carbocycles. The van der Waals surface area contributed by atoms with Gasteiger partial charge in [-0.3, -0.25) is 0 Å². The fourth-order valence-corrected chi connectivity index (χ4v) is 3.96. The van der Waals surface area contributed by atoms with E-state index in [0.29, 0.717) is 12.0 Å². The summed E-state index contributed by atoms with van der Waals surface area (Å²) >= 11 is 0. The zero-order chi connectivity index (χ0) is 15.7. The first-order valence-corrected chi connectivity index (χ1v) is 8.52. The van der Waals surface area contributed by atoms with Gasteiger partial charge in [-0.15, -0.1) is 0 Å². The van der Waals surface area contributed by atoms with E-state index in [2.05, 4.69) is 38.6 Å². The molecule has 1 saturated carbocycles. The number of fused-ring (bicyclic) bond motifs is 1. The summed E-state index contributed by atoms with van der Waals surface area (Å²) in [6.45, 7) is 9.59. The lowest BCUT2D eigenvalue weighted by atomic mass is 9.69. The third kappa shape index (κ3) is 2.81. The molecule has 120 valence electrons. The van der Waals surface area contributed by atoms with Gasteiger partial charge in [-0.25, -0.2) is 0 Å². The number of hydrogen-bond donors (Lipinski definition) is 0. The molecule has 0 amide bonds. The number of allylic oxidation sites excluding steroid dienone is 1. The van der Waals surface area contributed by atoms with Crippen LogP contribution in [-0.2, 0) is 11.2 Å². The largest absolute Gasteiger partial charge is 0.493 e. The third-order valence-corrected chi connectivity index (χ3v) is 5.38. The summed E-state index contributed by atoms with van der Waals surface area (Å²) in [6, 6.07) is 6.57. The van der Waals surface area contributed by atoms with Gasteiger partial charge in [0.15, 0.2) is 0 Å². The van der Waals surface area contributed by atoms with Gasteiger partial charge >= 0.3 is 0 Å². The van der Waals surface area contributed by atoms with Crippen LogP contribution in [0.2, 0.25) is 0 Å². The predicted molar refractivity (Wildman–Crippen MR) is 91.2 cm³/mol. The molecule has 22 heavy (non-hydrogen) atoms. The van der Waals surface area contributed by atoms with Gasteiger partial charge in [-0.05, 0) is 72.3 Å². The Kier molecular flexibility index (Phi) is 4.31. The third-order valence-electron chi connectivity index (χ3n) is 5.38. The van der Waals surface area contributed by atoms with Gasteiger partial charge in [0, 0.05) is 7.11 Å². The van der Waals surface area contributed by atoms with Gasteiger partial charge in [0.05, 0.1) is 12.7 Å². The second-order valence-corrected chi connectivity index (χ2v) is 7.39. The average molecular weight is 300 g/mol. The van der Waals surface area contributed by atoms with Gasteiger partial charge in [0.25, 0.3) is 0 Å². The Balaban J connectivity index is 1.76. The Morgan fingerprint density at radius 1 is 1.27 bits per heavy atom. The fraction of sp³-hybridized carbons (Fsp3) is 0.600. The van der Waals surface area contributed by atoms with Crippen LogP contribution in [-0.4, -0.2) is 19.8 Å². The number of benzene rings is 1. The van der Waals surface area contributed by atoms with Crippen molar-refractivity contribution in [3.05, 3.63) is 35.9 Å². The van der Waals surface area contributed by atoms with Crippen LogP contribution in [0.1, 0.15) is 50.7 Å². The summed E-state index contributed by atoms with van der Waals surface area (Å²) in [5.41, 5.74) is 4.37. The Morgan fingerprint density at radius 2 is 2.00 bits per heavy atom. The molecule has 0 radical (unpaired) electrons. The van der Waals surface area contributed by atoms with E-state index in [4.69, 9.17) is 9.47 Å². The predicted octanol–water partition coefficient (Wildman–Crippen LogP) is 4.87.